The van der Waals surface area contributed by atoms with Crippen molar-refractivity contribution < 1.29 is 32.7 Å². The molecule has 1 atom stereocenters. The summed E-state index contributed by atoms with van der Waals surface area (Å²) in [5, 5.41) is 18.9. The molecule has 47 heavy (non-hydrogen) atoms. The van der Waals surface area contributed by atoms with Gasteiger partial charge in [-0.05, 0) is 77.5 Å². The van der Waals surface area contributed by atoms with Crippen molar-refractivity contribution in [3.05, 3.63) is 119 Å². The number of fused-ring (bicyclic) bond motifs is 1. The highest BCUT2D eigenvalue weighted by molar-refractivity contribution is 8.00. The molecule has 242 valence electrons. The van der Waals surface area contributed by atoms with Crippen LogP contribution in [0.2, 0.25) is 5.02 Å². The first kappa shape index (κ1) is 33.9. The predicted octanol–water partition coefficient (Wildman–Crippen LogP) is 8.73. The van der Waals surface area contributed by atoms with Gasteiger partial charge < -0.3 is 15.7 Å². The highest BCUT2D eigenvalue weighted by Crippen LogP contribution is 2.37. The van der Waals surface area contributed by atoms with E-state index in [1.807, 2.05) is 30.3 Å². The third kappa shape index (κ3) is 9.32. The molecule has 4 aromatic carbocycles. The second-order valence-electron chi connectivity index (χ2n) is 10.1. The van der Waals surface area contributed by atoms with Gasteiger partial charge in [0.15, 0.2) is 6.04 Å². The quantitative estimate of drug-likeness (QED) is 0.0806. The molecule has 5 rings (SSSR count). The molecule has 2 amide bonds. The van der Waals surface area contributed by atoms with Crippen molar-refractivity contribution in [2.24, 2.45) is 0 Å². The van der Waals surface area contributed by atoms with Crippen LogP contribution in [-0.2, 0) is 17.1 Å². The summed E-state index contributed by atoms with van der Waals surface area (Å²) in [4.78, 5) is 39.5. The zero-order valence-electron chi connectivity index (χ0n) is 24.3. The Hall–Kier alpha value is -4.43. The monoisotopic (exact) mass is 698 g/mol. The van der Waals surface area contributed by atoms with Crippen LogP contribution >= 0.6 is 35.1 Å². The minimum Gasteiger partial charge on any atom is -0.480 e. The predicted molar refractivity (Wildman–Crippen MR) is 179 cm³/mol. The zero-order chi connectivity index (χ0) is 33.6. The summed E-state index contributed by atoms with van der Waals surface area (Å²) < 4.78 is 38.8. The molecule has 0 aliphatic rings. The molecule has 14 heteroatoms. The summed E-state index contributed by atoms with van der Waals surface area (Å²) >= 11 is 7.54. The van der Waals surface area contributed by atoms with Crippen LogP contribution < -0.4 is 16.0 Å². The number of benzene rings is 4. The number of alkyl halides is 3. The molecule has 4 N–H and O–H groups in total. The fraction of sp³-hybridized carbons (Fsp3) is 0.121. The van der Waals surface area contributed by atoms with Gasteiger partial charge in [-0.15, -0.1) is 11.8 Å². The molecule has 1 unspecified atom stereocenters. The van der Waals surface area contributed by atoms with Gasteiger partial charge in [-0.25, -0.2) is 9.59 Å². The minimum atomic E-state index is -4.33. The van der Waals surface area contributed by atoms with E-state index in [9.17, 15) is 32.7 Å². The Morgan fingerprint density at radius 2 is 1.53 bits per heavy atom. The van der Waals surface area contributed by atoms with Gasteiger partial charge in [0.1, 0.15) is 0 Å². The van der Waals surface area contributed by atoms with Crippen molar-refractivity contribution >= 4 is 75.3 Å². The number of carbonyl (C=O) groups excluding carboxylic acids is 2. The molecule has 0 fully saturated rings. The highest BCUT2D eigenvalue weighted by Gasteiger charge is 2.30. The van der Waals surface area contributed by atoms with E-state index >= 15 is 0 Å². The first-order valence-electron chi connectivity index (χ1n) is 14.0. The maximum absolute atomic E-state index is 13.5. The number of aromatic nitrogens is 1. The van der Waals surface area contributed by atoms with E-state index in [0.29, 0.717) is 27.4 Å². The molecule has 0 saturated heterocycles. The van der Waals surface area contributed by atoms with E-state index in [-0.39, 0.29) is 28.9 Å². The maximum atomic E-state index is 13.5. The van der Waals surface area contributed by atoms with E-state index in [4.69, 9.17) is 11.6 Å². The number of nitrogens with zero attached hydrogens (tertiary/aromatic N) is 1. The van der Waals surface area contributed by atoms with Crippen LogP contribution in [0.15, 0.2) is 113 Å². The number of hydrogen-bond donors (Lipinski definition) is 4. The molecule has 0 aliphatic carbocycles. The van der Waals surface area contributed by atoms with Crippen molar-refractivity contribution in [3.63, 3.8) is 0 Å². The van der Waals surface area contributed by atoms with Crippen LogP contribution in [0.25, 0.3) is 10.9 Å². The summed E-state index contributed by atoms with van der Waals surface area (Å²) in [5.41, 5.74) is -1.58. The zero-order valence-corrected chi connectivity index (χ0v) is 26.6. The standard InChI is InChI=1S/C33H26ClF3N4O4S2/c34-22-8-15-28-26(16-22)27(18-41(28)30(42)29(31(43)44)38-17-20-4-2-1-3-5-20)40-32(45)39-23-9-13-24(14-10-23)46-19-21-6-11-25(12-7-21)47-33(35,36)37/h1-16,18,29,38H,17,19H2,(H,43,44)(H2,39,40,45). The van der Waals surface area contributed by atoms with Crippen LogP contribution in [0.5, 0.6) is 0 Å². The summed E-state index contributed by atoms with van der Waals surface area (Å²) in [6.45, 7) is 0.150. The number of carboxylic acids is 1. The van der Waals surface area contributed by atoms with Gasteiger partial charge in [0.05, 0.1) is 11.2 Å². The van der Waals surface area contributed by atoms with Crippen LogP contribution in [0.1, 0.15) is 15.9 Å². The number of halogens is 4. The number of aliphatic carboxylic acids is 1. The Morgan fingerprint density at radius 3 is 2.19 bits per heavy atom. The Kier molecular flexibility index (Phi) is 10.8. The summed E-state index contributed by atoms with van der Waals surface area (Å²) in [5.74, 6) is -1.56. The van der Waals surface area contributed by atoms with Crippen LogP contribution in [-0.4, -0.2) is 39.1 Å². The van der Waals surface area contributed by atoms with Crippen LogP contribution in [0.4, 0.5) is 29.3 Å². The first-order chi connectivity index (χ1) is 22.4. The highest BCUT2D eigenvalue weighted by atomic mass is 35.5. The summed E-state index contributed by atoms with van der Waals surface area (Å²) in [6.07, 6.45) is 1.36. The van der Waals surface area contributed by atoms with Crippen molar-refractivity contribution in [2.75, 3.05) is 10.6 Å². The lowest BCUT2D eigenvalue weighted by atomic mass is 10.2. The van der Waals surface area contributed by atoms with E-state index < -0.39 is 29.5 Å². The lowest BCUT2D eigenvalue weighted by Gasteiger charge is -2.14. The average Bonchev–Trinajstić information content (AvgIpc) is 3.38. The minimum absolute atomic E-state index is 0.125. The van der Waals surface area contributed by atoms with Gasteiger partial charge in [0.25, 0.3) is 5.91 Å². The molecule has 1 aromatic heterocycles. The first-order valence-corrected chi connectivity index (χ1v) is 16.1. The van der Waals surface area contributed by atoms with Crippen LogP contribution in [0, 0.1) is 0 Å². The maximum Gasteiger partial charge on any atom is 0.446 e. The molecule has 0 saturated carbocycles. The Labute approximate surface area is 280 Å². The number of anilines is 2. The van der Waals surface area contributed by atoms with Crippen molar-refractivity contribution in [2.45, 2.75) is 33.6 Å². The summed E-state index contributed by atoms with van der Waals surface area (Å²) in [6, 6.07) is 24.8. The third-order valence-corrected chi connectivity index (χ3v) is 8.83. The molecule has 0 bridgehead atoms. The largest absolute Gasteiger partial charge is 0.480 e. The molecule has 5 aromatic rings. The van der Waals surface area contributed by atoms with Gasteiger partial charge in [0, 0.05) is 44.4 Å². The summed E-state index contributed by atoms with van der Waals surface area (Å²) in [7, 11) is 0. The van der Waals surface area contributed by atoms with E-state index in [0.717, 1.165) is 16.0 Å². The van der Waals surface area contributed by atoms with Crippen LogP contribution in [0.3, 0.4) is 0 Å². The second kappa shape index (κ2) is 15.0. The number of thioether (sulfide) groups is 2. The Morgan fingerprint density at radius 1 is 0.851 bits per heavy atom. The molecule has 0 radical (unpaired) electrons. The topological polar surface area (TPSA) is 112 Å². The third-order valence-electron chi connectivity index (χ3n) is 6.77. The smallest absolute Gasteiger partial charge is 0.446 e. The molecular formula is C33H26ClF3N4O4S2. The lowest BCUT2D eigenvalue weighted by Crippen LogP contribution is -2.45. The number of rotatable bonds is 11. The SMILES string of the molecule is O=C(Nc1ccc(SCc2ccc(SC(F)(F)F)cc2)cc1)Nc1cn(C(=O)C(NCc2ccccc2)C(=O)O)c2ccc(Cl)cc12. The average molecular weight is 699 g/mol. The number of amides is 2. The fourth-order valence-corrected chi connectivity index (χ4v) is 6.16. The fourth-order valence-electron chi connectivity index (χ4n) is 4.59. The Balaban J connectivity index is 1.23. The Bertz CT molecular complexity index is 1890. The second-order valence-corrected chi connectivity index (χ2v) is 12.8. The number of carboxylic acid groups (broad SMARTS) is 1. The van der Waals surface area contributed by atoms with E-state index in [2.05, 4.69) is 16.0 Å². The van der Waals surface area contributed by atoms with Gasteiger partial charge in [-0.3, -0.25) is 14.7 Å². The lowest BCUT2D eigenvalue weighted by molar-refractivity contribution is -0.138. The van der Waals surface area contributed by atoms with E-state index in [1.165, 1.54) is 34.7 Å². The van der Waals surface area contributed by atoms with Gasteiger partial charge >= 0.3 is 17.5 Å². The van der Waals surface area contributed by atoms with Crippen molar-refractivity contribution in [3.8, 4) is 0 Å². The molecule has 0 aliphatic heterocycles. The number of nitrogens with one attached hydrogen (secondary N) is 3. The normalized spacial score (nSPS) is 12.1. The van der Waals surface area contributed by atoms with Gasteiger partial charge in [-0.2, -0.15) is 13.2 Å². The molecule has 1 heterocycles. The molecule has 8 nitrogen and oxygen atoms in total. The number of urea groups is 1. The molecular weight excluding hydrogens is 673 g/mol. The van der Waals surface area contributed by atoms with Gasteiger partial charge in [0.2, 0.25) is 0 Å². The van der Waals surface area contributed by atoms with Crippen molar-refractivity contribution in [1.82, 2.24) is 9.88 Å². The van der Waals surface area contributed by atoms with E-state index in [1.54, 1.807) is 54.6 Å². The van der Waals surface area contributed by atoms with Gasteiger partial charge in [-0.1, -0.05) is 54.1 Å². The molecule has 0 spiro atoms. The number of carbonyl (C=O) groups is 3. The van der Waals surface area contributed by atoms with Crippen molar-refractivity contribution in [1.29, 1.82) is 0 Å². The number of hydrogen-bond acceptors (Lipinski definition) is 6.